The summed E-state index contributed by atoms with van der Waals surface area (Å²) in [6, 6.07) is 14.8. The van der Waals surface area contributed by atoms with Crippen LogP contribution in [0, 0.1) is 0 Å². The number of ketones is 1. The van der Waals surface area contributed by atoms with E-state index in [0.717, 1.165) is 24.8 Å². The van der Waals surface area contributed by atoms with Gasteiger partial charge in [-0.15, -0.1) is 0 Å². The van der Waals surface area contributed by atoms with Crippen molar-refractivity contribution in [3.8, 4) is 0 Å². The first-order valence-corrected chi connectivity index (χ1v) is 7.62. The molecule has 0 aliphatic carbocycles. The highest BCUT2D eigenvalue weighted by molar-refractivity contribution is 6.13. The molecule has 0 aromatic heterocycles. The molecular weight excluding hydrogens is 274 g/mol. The molecule has 0 saturated carbocycles. The third-order valence-electron chi connectivity index (χ3n) is 3.49. The van der Waals surface area contributed by atoms with E-state index in [1.54, 1.807) is 12.1 Å². The number of amides is 1. The minimum atomic E-state index is -0.177. The van der Waals surface area contributed by atoms with E-state index in [1.165, 1.54) is 6.92 Å². The second-order valence-corrected chi connectivity index (χ2v) is 5.36. The summed E-state index contributed by atoms with van der Waals surface area (Å²) < 4.78 is 0. The first kappa shape index (κ1) is 16.0. The second-order valence-electron chi connectivity index (χ2n) is 5.36. The van der Waals surface area contributed by atoms with Gasteiger partial charge in [-0.25, -0.2) is 0 Å². The van der Waals surface area contributed by atoms with Gasteiger partial charge in [0, 0.05) is 18.1 Å². The Morgan fingerprint density at radius 2 is 1.77 bits per heavy atom. The molecule has 0 aliphatic rings. The van der Waals surface area contributed by atoms with Crippen molar-refractivity contribution in [3.05, 3.63) is 65.2 Å². The van der Waals surface area contributed by atoms with Crippen LogP contribution in [-0.4, -0.2) is 11.7 Å². The number of rotatable bonds is 6. The van der Waals surface area contributed by atoms with Crippen molar-refractivity contribution in [2.24, 2.45) is 0 Å². The zero-order chi connectivity index (χ0) is 15.9. The van der Waals surface area contributed by atoms with Crippen molar-refractivity contribution in [1.29, 1.82) is 0 Å². The molecule has 0 bridgehead atoms. The quantitative estimate of drug-likeness (QED) is 0.811. The minimum Gasteiger partial charge on any atom is -0.326 e. The molecule has 2 rings (SSSR count). The van der Waals surface area contributed by atoms with Gasteiger partial charge in [0.25, 0.3) is 0 Å². The number of hydrogen-bond acceptors (Lipinski definition) is 2. The number of unbranched alkanes of at least 4 members (excludes halogenated alkanes) is 1. The molecular formula is C19H21NO2. The second kappa shape index (κ2) is 7.55. The van der Waals surface area contributed by atoms with Gasteiger partial charge >= 0.3 is 0 Å². The van der Waals surface area contributed by atoms with Gasteiger partial charge in [-0.2, -0.15) is 0 Å². The lowest BCUT2D eigenvalue weighted by Crippen LogP contribution is -2.12. The van der Waals surface area contributed by atoms with Crippen molar-refractivity contribution >= 4 is 17.4 Å². The van der Waals surface area contributed by atoms with E-state index in [4.69, 9.17) is 0 Å². The molecule has 114 valence electrons. The fourth-order valence-electron chi connectivity index (χ4n) is 2.36. The summed E-state index contributed by atoms with van der Waals surface area (Å²) in [7, 11) is 0. The average molecular weight is 295 g/mol. The van der Waals surface area contributed by atoms with E-state index in [1.807, 2.05) is 36.4 Å². The molecule has 0 unspecified atom stereocenters. The van der Waals surface area contributed by atoms with Crippen molar-refractivity contribution in [2.75, 3.05) is 5.32 Å². The Balaban J connectivity index is 2.40. The van der Waals surface area contributed by atoms with Crippen LogP contribution in [0.3, 0.4) is 0 Å². The minimum absolute atomic E-state index is 0.0669. The summed E-state index contributed by atoms with van der Waals surface area (Å²) in [5.74, 6) is -0.244. The molecule has 0 radical (unpaired) electrons. The molecule has 1 N–H and O–H groups in total. The van der Waals surface area contributed by atoms with Crippen LogP contribution in [-0.2, 0) is 11.2 Å². The molecule has 3 heteroatoms. The zero-order valence-electron chi connectivity index (χ0n) is 13.1. The Morgan fingerprint density at radius 3 is 2.41 bits per heavy atom. The number of aryl methyl sites for hydroxylation is 1. The molecule has 3 nitrogen and oxygen atoms in total. The number of nitrogens with one attached hydrogen (secondary N) is 1. The lowest BCUT2D eigenvalue weighted by molar-refractivity contribution is -0.114. The standard InChI is InChI=1S/C19H21NO2/c1-3-4-8-15-11-12-18(20-14(2)21)17(13-15)19(22)16-9-6-5-7-10-16/h5-7,9-13H,3-4,8H2,1-2H3,(H,20,21). The van der Waals surface area contributed by atoms with Crippen molar-refractivity contribution < 1.29 is 9.59 Å². The maximum Gasteiger partial charge on any atom is 0.221 e. The molecule has 0 heterocycles. The largest absolute Gasteiger partial charge is 0.326 e. The summed E-state index contributed by atoms with van der Waals surface area (Å²) in [6.07, 6.45) is 3.12. The van der Waals surface area contributed by atoms with E-state index in [9.17, 15) is 9.59 Å². The molecule has 0 spiro atoms. The molecule has 0 atom stereocenters. The van der Waals surface area contributed by atoms with Crippen LogP contribution < -0.4 is 5.32 Å². The number of carbonyl (C=O) groups is 2. The lowest BCUT2D eigenvalue weighted by atomic mass is 9.97. The van der Waals surface area contributed by atoms with Gasteiger partial charge in [-0.05, 0) is 30.5 Å². The van der Waals surface area contributed by atoms with Gasteiger partial charge in [-0.1, -0.05) is 49.7 Å². The highest BCUT2D eigenvalue weighted by Gasteiger charge is 2.15. The number of hydrogen-bond donors (Lipinski definition) is 1. The highest BCUT2D eigenvalue weighted by atomic mass is 16.1. The number of anilines is 1. The van der Waals surface area contributed by atoms with Crippen molar-refractivity contribution in [1.82, 2.24) is 0 Å². The molecule has 22 heavy (non-hydrogen) atoms. The summed E-state index contributed by atoms with van der Waals surface area (Å²) in [6.45, 7) is 3.59. The fraction of sp³-hybridized carbons (Fsp3) is 0.263. The van der Waals surface area contributed by atoms with Gasteiger partial charge in [0.2, 0.25) is 5.91 Å². The monoisotopic (exact) mass is 295 g/mol. The summed E-state index contributed by atoms with van der Waals surface area (Å²) in [4.78, 5) is 24.1. The molecule has 0 aliphatic heterocycles. The summed E-state index contributed by atoms with van der Waals surface area (Å²) >= 11 is 0. The summed E-state index contributed by atoms with van der Waals surface area (Å²) in [5.41, 5.74) is 2.87. The third-order valence-corrected chi connectivity index (χ3v) is 3.49. The van der Waals surface area contributed by atoms with Crippen LogP contribution in [0.5, 0.6) is 0 Å². The number of benzene rings is 2. The smallest absolute Gasteiger partial charge is 0.221 e. The molecule has 2 aromatic carbocycles. The van der Waals surface area contributed by atoms with Crippen molar-refractivity contribution in [3.63, 3.8) is 0 Å². The molecule has 2 aromatic rings. The van der Waals surface area contributed by atoms with Crippen LogP contribution in [0.1, 0.15) is 48.2 Å². The first-order chi connectivity index (χ1) is 10.6. The maximum atomic E-state index is 12.7. The van der Waals surface area contributed by atoms with Crippen LogP contribution >= 0.6 is 0 Å². The predicted octanol–water partition coefficient (Wildman–Crippen LogP) is 4.22. The van der Waals surface area contributed by atoms with E-state index in [0.29, 0.717) is 16.8 Å². The van der Waals surface area contributed by atoms with Crippen molar-refractivity contribution in [2.45, 2.75) is 33.1 Å². The Morgan fingerprint density at radius 1 is 1.05 bits per heavy atom. The fourth-order valence-corrected chi connectivity index (χ4v) is 2.36. The Kier molecular flexibility index (Phi) is 5.48. The van der Waals surface area contributed by atoms with Crippen LogP contribution in [0.25, 0.3) is 0 Å². The van der Waals surface area contributed by atoms with Gasteiger partial charge in [0.1, 0.15) is 0 Å². The maximum absolute atomic E-state index is 12.7. The predicted molar refractivity (Wildman–Crippen MR) is 89.2 cm³/mol. The van der Waals surface area contributed by atoms with Crippen LogP contribution in [0.4, 0.5) is 5.69 Å². The van der Waals surface area contributed by atoms with E-state index < -0.39 is 0 Å². The topological polar surface area (TPSA) is 46.2 Å². The molecule has 0 saturated heterocycles. The van der Waals surface area contributed by atoms with Gasteiger partial charge in [0.05, 0.1) is 5.69 Å². The lowest BCUT2D eigenvalue weighted by Gasteiger charge is -2.11. The third kappa shape index (κ3) is 4.04. The van der Waals surface area contributed by atoms with E-state index in [2.05, 4.69) is 12.2 Å². The Bertz CT molecular complexity index is 662. The average Bonchev–Trinajstić information content (AvgIpc) is 2.53. The van der Waals surface area contributed by atoms with Crippen LogP contribution in [0.2, 0.25) is 0 Å². The first-order valence-electron chi connectivity index (χ1n) is 7.62. The number of carbonyl (C=O) groups excluding carboxylic acids is 2. The molecule has 0 fully saturated rings. The Hall–Kier alpha value is -2.42. The van der Waals surface area contributed by atoms with Gasteiger partial charge in [-0.3, -0.25) is 9.59 Å². The van der Waals surface area contributed by atoms with E-state index in [-0.39, 0.29) is 11.7 Å². The zero-order valence-corrected chi connectivity index (χ0v) is 13.1. The highest BCUT2D eigenvalue weighted by Crippen LogP contribution is 2.22. The normalized spacial score (nSPS) is 10.3. The summed E-state index contributed by atoms with van der Waals surface area (Å²) in [5, 5.41) is 2.75. The van der Waals surface area contributed by atoms with Gasteiger partial charge < -0.3 is 5.32 Å². The van der Waals surface area contributed by atoms with E-state index >= 15 is 0 Å². The SMILES string of the molecule is CCCCc1ccc(NC(C)=O)c(C(=O)c2ccccc2)c1. The Labute approximate surface area is 131 Å². The van der Waals surface area contributed by atoms with Gasteiger partial charge in [0.15, 0.2) is 5.78 Å². The van der Waals surface area contributed by atoms with Crippen LogP contribution in [0.15, 0.2) is 48.5 Å². The molecule has 1 amide bonds.